The minimum atomic E-state index is -0.158. The number of pyridine rings is 1. The maximum absolute atomic E-state index is 5.75. The van der Waals surface area contributed by atoms with Crippen LogP contribution in [0.15, 0.2) is 24.7 Å². The molecule has 1 atom stereocenters. The number of hydrogen-bond donors (Lipinski definition) is 4. The minimum absolute atomic E-state index is 0.158. The fourth-order valence-electron chi connectivity index (χ4n) is 1.46. The van der Waals surface area contributed by atoms with E-state index >= 15 is 0 Å². The van der Waals surface area contributed by atoms with Gasteiger partial charge in [-0.3, -0.25) is 10.9 Å². The van der Waals surface area contributed by atoms with Crippen molar-refractivity contribution in [2.45, 2.75) is 12.5 Å². The molecular formula is C9H13N7. The summed E-state index contributed by atoms with van der Waals surface area (Å²) in [6.45, 7) is 0. The molecule has 1 unspecified atom stereocenters. The van der Waals surface area contributed by atoms with Crippen LogP contribution in [0.2, 0.25) is 0 Å². The van der Waals surface area contributed by atoms with Crippen molar-refractivity contribution in [2.24, 2.45) is 5.84 Å². The molecule has 0 aliphatic heterocycles. The summed E-state index contributed by atoms with van der Waals surface area (Å²) in [4.78, 5) is 8.05. The van der Waals surface area contributed by atoms with Gasteiger partial charge in [0.25, 0.3) is 0 Å². The van der Waals surface area contributed by atoms with E-state index in [4.69, 9.17) is 11.6 Å². The predicted molar refractivity (Wildman–Crippen MR) is 58.8 cm³/mol. The molecular weight excluding hydrogens is 206 g/mol. The van der Waals surface area contributed by atoms with Crippen molar-refractivity contribution in [3.63, 3.8) is 0 Å². The summed E-state index contributed by atoms with van der Waals surface area (Å²) < 4.78 is 0. The van der Waals surface area contributed by atoms with E-state index in [1.54, 1.807) is 6.20 Å². The van der Waals surface area contributed by atoms with Crippen LogP contribution in [0.3, 0.4) is 0 Å². The standard InChI is InChI=1S/C9H13N7/c10-8-6(2-1-3-12-8)4-7(15-11)9-13-5-14-16-9/h1-3,5,7,15H,4,11H2,(H2,10,12)(H,13,14,16). The zero-order chi connectivity index (χ0) is 11.4. The molecule has 2 aromatic heterocycles. The van der Waals surface area contributed by atoms with Crippen LogP contribution in [0, 0.1) is 0 Å². The second-order valence-corrected chi connectivity index (χ2v) is 3.34. The van der Waals surface area contributed by atoms with Crippen molar-refractivity contribution in [3.8, 4) is 0 Å². The SMILES string of the molecule is NNC(Cc1cccnc1N)c1ncn[nH]1. The highest BCUT2D eigenvalue weighted by Gasteiger charge is 2.14. The molecule has 0 saturated heterocycles. The minimum Gasteiger partial charge on any atom is -0.383 e. The Hall–Kier alpha value is -1.99. The maximum Gasteiger partial charge on any atom is 0.143 e. The third-order valence-electron chi connectivity index (χ3n) is 2.32. The molecule has 0 aliphatic carbocycles. The number of nitrogen functional groups attached to an aromatic ring is 1. The lowest BCUT2D eigenvalue weighted by molar-refractivity contribution is 0.525. The fraction of sp³-hybridized carbons (Fsp3) is 0.222. The Morgan fingerprint density at radius 2 is 2.31 bits per heavy atom. The zero-order valence-electron chi connectivity index (χ0n) is 8.59. The largest absolute Gasteiger partial charge is 0.383 e. The number of aromatic amines is 1. The van der Waals surface area contributed by atoms with Crippen molar-refractivity contribution in [2.75, 3.05) is 5.73 Å². The van der Waals surface area contributed by atoms with Gasteiger partial charge in [0.05, 0.1) is 6.04 Å². The Kier molecular flexibility index (Phi) is 3.08. The van der Waals surface area contributed by atoms with E-state index in [-0.39, 0.29) is 6.04 Å². The normalized spacial score (nSPS) is 12.6. The van der Waals surface area contributed by atoms with Gasteiger partial charge in [0, 0.05) is 6.20 Å². The first kappa shape index (κ1) is 10.5. The Bertz CT molecular complexity index is 439. The summed E-state index contributed by atoms with van der Waals surface area (Å²) in [6.07, 6.45) is 3.69. The number of nitrogens with one attached hydrogen (secondary N) is 2. The highest BCUT2D eigenvalue weighted by Crippen LogP contribution is 2.16. The quantitative estimate of drug-likeness (QED) is 0.407. The van der Waals surface area contributed by atoms with Crippen LogP contribution >= 0.6 is 0 Å². The van der Waals surface area contributed by atoms with Gasteiger partial charge in [-0.15, -0.1) is 0 Å². The Labute approximate surface area is 92.3 Å². The van der Waals surface area contributed by atoms with Gasteiger partial charge >= 0.3 is 0 Å². The predicted octanol–water partition coefficient (Wildman–Crippen LogP) is -0.471. The average molecular weight is 219 g/mol. The summed E-state index contributed by atoms with van der Waals surface area (Å²) in [6, 6.07) is 3.58. The number of hydrazine groups is 1. The van der Waals surface area contributed by atoms with E-state index in [0.29, 0.717) is 18.1 Å². The molecule has 2 rings (SSSR count). The molecule has 0 fully saturated rings. The van der Waals surface area contributed by atoms with Crippen molar-refractivity contribution in [1.29, 1.82) is 0 Å². The highest BCUT2D eigenvalue weighted by molar-refractivity contribution is 5.39. The van der Waals surface area contributed by atoms with Crippen LogP contribution in [0.5, 0.6) is 0 Å². The summed E-state index contributed by atoms with van der Waals surface area (Å²) in [5.74, 6) is 6.64. The first-order valence-electron chi connectivity index (χ1n) is 4.82. The Morgan fingerprint density at radius 3 is 2.94 bits per heavy atom. The van der Waals surface area contributed by atoms with Crippen LogP contribution in [0.4, 0.5) is 5.82 Å². The fourth-order valence-corrected chi connectivity index (χ4v) is 1.46. The monoisotopic (exact) mass is 219 g/mol. The average Bonchev–Trinajstić information content (AvgIpc) is 2.81. The molecule has 0 aliphatic rings. The molecule has 0 amide bonds. The number of H-pyrrole nitrogens is 1. The van der Waals surface area contributed by atoms with Gasteiger partial charge in [0.2, 0.25) is 0 Å². The van der Waals surface area contributed by atoms with E-state index in [2.05, 4.69) is 25.6 Å². The van der Waals surface area contributed by atoms with Crippen LogP contribution < -0.4 is 17.0 Å². The van der Waals surface area contributed by atoms with Crippen LogP contribution in [-0.2, 0) is 6.42 Å². The molecule has 0 spiro atoms. The number of hydrogen-bond acceptors (Lipinski definition) is 6. The number of aromatic nitrogens is 4. The first-order valence-corrected chi connectivity index (χ1v) is 4.82. The second-order valence-electron chi connectivity index (χ2n) is 3.34. The summed E-state index contributed by atoms with van der Waals surface area (Å²) in [5.41, 5.74) is 9.33. The van der Waals surface area contributed by atoms with Gasteiger partial charge in [-0.1, -0.05) is 6.07 Å². The lowest BCUT2D eigenvalue weighted by atomic mass is 10.1. The lowest BCUT2D eigenvalue weighted by Crippen LogP contribution is -2.30. The number of nitrogens with zero attached hydrogens (tertiary/aromatic N) is 3. The summed E-state index contributed by atoms with van der Waals surface area (Å²) in [5, 5.41) is 6.54. The third-order valence-corrected chi connectivity index (χ3v) is 2.32. The van der Waals surface area contributed by atoms with Gasteiger partial charge in [0.1, 0.15) is 18.0 Å². The molecule has 0 saturated carbocycles. The maximum atomic E-state index is 5.75. The zero-order valence-corrected chi connectivity index (χ0v) is 8.59. The molecule has 7 heteroatoms. The highest BCUT2D eigenvalue weighted by atomic mass is 15.3. The smallest absolute Gasteiger partial charge is 0.143 e. The van der Waals surface area contributed by atoms with Crippen molar-refractivity contribution in [1.82, 2.24) is 25.6 Å². The van der Waals surface area contributed by atoms with Crippen molar-refractivity contribution >= 4 is 5.82 Å². The number of rotatable bonds is 4. The summed E-state index contributed by atoms with van der Waals surface area (Å²) in [7, 11) is 0. The van der Waals surface area contributed by atoms with Gasteiger partial charge in [-0.25, -0.2) is 15.4 Å². The molecule has 0 aromatic carbocycles. The van der Waals surface area contributed by atoms with Gasteiger partial charge < -0.3 is 5.73 Å². The van der Waals surface area contributed by atoms with E-state index in [0.717, 1.165) is 5.56 Å². The Balaban J connectivity index is 2.17. The molecule has 6 N–H and O–H groups in total. The van der Waals surface area contributed by atoms with Crippen molar-refractivity contribution in [3.05, 3.63) is 36.0 Å². The van der Waals surface area contributed by atoms with Gasteiger partial charge in [0.15, 0.2) is 0 Å². The van der Waals surface area contributed by atoms with E-state index in [1.165, 1.54) is 6.33 Å². The molecule has 2 aromatic rings. The molecule has 0 bridgehead atoms. The van der Waals surface area contributed by atoms with E-state index in [1.807, 2.05) is 12.1 Å². The van der Waals surface area contributed by atoms with Gasteiger partial charge in [-0.05, 0) is 18.1 Å². The summed E-state index contributed by atoms with van der Waals surface area (Å²) >= 11 is 0. The Morgan fingerprint density at radius 1 is 1.44 bits per heavy atom. The molecule has 2 heterocycles. The van der Waals surface area contributed by atoms with E-state index in [9.17, 15) is 0 Å². The van der Waals surface area contributed by atoms with Crippen LogP contribution in [-0.4, -0.2) is 20.2 Å². The third kappa shape index (κ3) is 2.15. The topological polar surface area (TPSA) is 119 Å². The molecule has 16 heavy (non-hydrogen) atoms. The number of nitrogens with two attached hydrogens (primary N) is 2. The lowest BCUT2D eigenvalue weighted by Gasteiger charge is -2.13. The van der Waals surface area contributed by atoms with Crippen LogP contribution in [0.1, 0.15) is 17.4 Å². The first-order chi connectivity index (χ1) is 7.81. The second kappa shape index (κ2) is 4.69. The van der Waals surface area contributed by atoms with Gasteiger partial charge in [-0.2, -0.15) is 5.10 Å². The van der Waals surface area contributed by atoms with Crippen LogP contribution in [0.25, 0.3) is 0 Å². The number of anilines is 1. The molecule has 84 valence electrons. The van der Waals surface area contributed by atoms with Crippen molar-refractivity contribution < 1.29 is 0 Å². The molecule has 0 radical (unpaired) electrons. The molecule has 7 nitrogen and oxygen atoms in total. The van der Waals surface area contributed by atoms with E-state index < -0.39 is 0 Å².